The summed E-state index contributed by atoms with van der Waals surface area (Å²) in [6.07, 6.45) is 1.29. The zero-order valence-corrected chi connectivity index (χ0v) is 19.6. The summed E-state index contributed by atoms with van der Waals surface area (Å²) < 4.78 is 16.2. The van der Waals surface area contributed by atoms with Crippen LogP contribution in [0.5, 0.6) is 0 Å². The lowest BCUT2D eigenvalue weighted by molar-refractivity contribution is -0.153. The van der Waals surface area contributed by atoms with Crippen molar-refractivity contribution in [1.29, 1.82) is 0 Å². The van der Waals surface area contributed by atoms with Gasteiger partial charge in [-0.1, -0.05) is 13.0 Å². The van der Waals surface area contributed by atoms with Gasteiger partial charge in [-0.3, -0.25) is 4.79 Å². The van der Waals surface area contributed by atoms with E-state index in [4.69, 9.17) is 14.2 Å². The van der Waals surface area contributed by atoms with Crippen LogP contribution in [-0.2, 0) is 23.8 Å². The van der Waals surface area contributed by atoms with Gasteiger partial charge in [-0.05, 0) is 47.0 Å². The highest BCUT2D eigenvalue weighted by atomic mass is 16.6. The Morgan fingerprint density at radius 2 is 1.97 bits per heavy atom. The Kier molecular flexibility index (Phi) is 10.5. The smallest absolute Gasteiger partial charge is 0.408 e. The molecule has 0 bridgehead atoms. The number of hydrogen-bond acceptors (Lipinski definition) is 7. The van der Waals surface area contributed by atoms with Crippen molar-refractivity contribution in [2.75, 3.05) is 13.7 Å². The summed E-state index contributed by atoms with van der Waals surface area (Å²) in [6, 6.07) is -2.02. The fourth-order valence-corrected chi connectivity index (χ4v) is 3.47. The molecule has 0 aliphatic carbocycles. The third-order valence-electron chi connectivity index (χ3n) is 4.93. The Morgan fingerprint density at radius 1 is 1.32 bits per heavy atom. The summed E-state index contributed by atoms with van der Waals surface area (Å²) in [4.78, 5) is 39.4. The van der Waals surface area contributed by atoms with E-state index in [0.29, 0.717) is 12.8 Å². The lowest BCUT2D eigenvalue weighted by atomic mass is 10.1. The van der Waals surface area contributed by atoms with Crippen molar-refractivity contribution in [3.8, 4) is 0 Å². The van der Waals surface area contributed by atoms with Crippen molar-refractivity contribution >= 4 is 18.0 Å². The second-order valence-electron chi connectivity index (χ2n) is 8.80. The van der Waals surface area contributed by atoms with E-state index in [2.05, 4.69) is 11.9 Å². The maximum absolute atomic E-state index is 13.5. The molecule has 2 amide bonds. The maximum atomic E-state index is 13.5. The molecule has 0 spiro atoms. The van der Waals surface area contributed by atoms with Gasteiger partial charge < -0.3 is 29.5 Å². The van der Waals surface area contributed by atoms with E-state index in [-0.39, 0.29) is 19.1 Å². The molecule has 1 fully saturated rings. The summed E-state index contributed by atoms with van der Waals surface area (Å²) in [5.74, 6) is -1.14. The summed E-state index contributed by atoms with van der Waals surface area (Å²) >= 11 is 0. The topological polar surface area (TPSA) is 114 Å². The SMILES string of the molecule is C=CCC[C@@H](C)O[C@@H](CC)[C@H](NC(=O)OC(C)(C)C)C(=O)N1CC(O)CC1C(=O)OC. The number of hydrogen-bond donors (Lipinski definition) is 2. The molecule has 0 saturated carbocycles. The van der Waals surface area contributed by atoms with Gasteiger partial charge in [0, 0.05) is 13.0 Å². The minimum atomic E-state index is -1.09. The van der Waals surface area contributed by atoms with Gasteiger partial charge in [0.25, 0.3) is 0 Å². The second-order valence-corrected chi connectivity index (χ2v) is 8.80. The number of nitrogens with one attached hydrogen (secondary N) is 1. The normalized spacial score (nSPS) is 21.7. The van der Waals surface area contributed by atoms with Gasteiger partial charge >= 0.3 is 12.1 Å². The number of nitrogens with zero attached hydrogens (tertiary/aromatic N) is 1. The molecule has 178 valence electrons. The van der Waals surface area contributed by atoms with Crippen molar-refractivity contribution in [3.05, 3.63) is 12.7 Å². The number of ether oxygens (including phenoxy) is 3. The minimum absolute atomic E-state index is 0.0342. The van der Waals surface area contributed by atoms with Crippen LogP contribution in [-0.4, -0.2) is 77.6 Å². The number of aliphatic hydroxyl groups is 1. The number of methoxy groups -OCH3 is 1. The molecular formula is C22H38N2O7. The van der Waals surface area contributed by atoms with Crippen LogP contribution in [0.4, 0.5) is 4.79 Å². The van der Waals surface area contributed by atoms with Crippen molar-refractivity contribution in [2.45, 2.75) is 96.3 Å². The van der Waals surface area contributed by atoms with E-state index in [9.17, 15) is 19.5 Å². The predicted octanol–water partition coefficient (Wildman–Crippen LogP) is 2.16. The molecule has 5 atom stereocenters. The number of allylic oxidation sites excluding steroid dienone is 1. The Bertz CT molecular complexity index is 632. The first-order chi connectivity index (χ1) is 14.4. The van der Waals surface area contributed by atoms with Crippen LogP contribution in [0.3, 0.4) is 0 Å². The molecule has 0 aromatic carbocycles. The highest BCUT2D eigenvalue weighted by Crippen LogP contribution is 2.23. The molecule has 31 heavy (non-hydrogen) atoms. The largest absolute Gasteiger partial charge is 0.467 e. The quantitative estimate of drug-likeness (QED) is 0.394. The van der Waals surface area contributed by atoms with E-state index >= 15 is 0 Å². The van der Waals surface area contributed by atoms with Gasteiger partial charge in [-0.25, -0.2) is 9.59 Å². The summed E-state index contributed by atoms with van der Waals surface area (Å²) in [5, 5.41) is 12.7. The van der Waals surface area contributed by atoms with E-state index < -0.39 is 47.9 Å². The summed E-state index contributed by atoms with van der Waals surface area (Å²) in [5.41, 5.74) is -0.754. The van der Waals surface area contributed by atoms with E-state index in [1.165, 1.54) is 12.0 Å². The maximum Gasteiger partial charge on any atom is 0.408 e. The zero-order valence-electron chi connectivity index (χ0n) is 19.6. The molecule has 1 rings (SSSR count). The molecule has 1 heterocycles. The van der Waals surface area contributed by atoms with Crippen LogP contribution in [0.15, 0.2) is 12.7 Å². The number of likely N-dealkylation sites (tertiary alicyclic amines) is 1. The van der Waals surface area contributed by atoms with Crippen LogP contribution in [0.1, 0.15) is 60.3 Å². The molecule has 9 nitrogen and oxygen atoms in total. The van der Waals surface area contributed by atoms with Crippen molar-refractivity contribution in [2.24, 2.45) is 0 Å². The lowest BCUT2D eigenvalue weighted by Crippen LogP contribution is -2.58. The third-order valence-corrected chi connectivity index (χ3v) is 4.93. The van der Waals surface area contributed by atoms with Crippen LogP contribution >= 0.6 is 0 Å². The van der Waals surface area contributed by atoms with Crippen molar-refractivity contribution < 1.29 is 33.7 Å². The van der Waals surface area contributed by atoms with Gasteiger partial charge in [0.05, 0.1) is 25.4 Å². The van der Waals surface area contributed by atoms with Gasteiger partial charge in [-0.15, -0.1) is 6.58 Å². The summed E-state index contributed by atoms with van der Waals surface area (Å²) in [7, 11) is 1.23. The van der Waals surface area contributed by atoms with Crippen LogP contribution in [0.2, 0.25) is 0 Å². The highest BCUT2D eigenvalue weighted by Gasteiger charge is 2.44. The predicted molar refractivity (Wildman–Crippen MR) is 115 cm³/mol. The van der Waals surface area contributed by atoms with Crippen molar-refractivity contribution in [1.82, 2.24) is 10.2 Å². The lowest BCUT2D eigenvalue weighted by Gasteiger charge is -2.33. The number of esters is 1. The summed E-state index contributed by atoms with van der Waals surface area (Å²) in [6.45, 7) is 12.6. The molecule has 1 aliphatic rings. The Morgan fingerprint density at radius 3 is 2.48 bits per heavy atom. The number of rotatable bonds is 10. The monoisotopic (exact) mass is 442 g/mol. The van der Waals surface area contributed by atoms with Gasteiger partial charge in [0.1, 0.15) is 17.7 Å². The first kappa shape index (κ1) is 26.9. The van der Waals surface area contributed by atoms with E-state index in [0.717, 1.165) is 6.42 Å². The molecule has 0 radical (unpaired) electrons. The van der Waals surface area contributed by atoms with Gasteiger partial charge in [0.2, 0.25) is 5.91 Å². The number of amides is 2. The highest BCUT2D eigenvalue weighted by molar-refractivity contribution is 5.90. The first-order valence-electron chi connectivity index (χ1n) is 10.8. The van der Waals surface area contributed by atoms with Crippen LogP contribution < -0.4 is 5.32 Å². The van der Waals surface area contributed by atoms with Crippen LogP contribution in [0, 0.1) is 0 Å². The molecule has 9 heteroatoms. The number of β-amino-alcohol motifs (C(OH)–C–C–N with tert-alkyl or cyclic N) is 1. The minimum Gasteiger partial charge on any atom is -0.467 e. The second kappa shape index (κ2) is 12.0. The van der Waals surface area contributed by atoms with Crippen LogP contribution in [0.25, 0.3) is 0 Å². The molecule has 0 aromatic rings. The van der Waals surface area contributed by atoms with Gasteiger partial charge in [-0.2, -0.15) is 0 Å². The Balaban J connectivity index is 3.14. The standard InChI is InChI=1S/C22H38N2O7/c1-8-10-11-14(3)30-17(9-2)18(23-21(28)31-22(4,5)6)19(26)24-13-15(25)12-16(24)20(27)29-7/h8,14-18,25H,1,9-13H2,2-7H3,(H,23,28)/t14-,15?,16?,17+,18+/m1/s1. The molecular weight excluding hydrogens is 404 g/mol. The average molecular weight is 443 g/mol. The number of aliphatic hydroxyl groups excluding tert-OH is 1. The zero-order chi connectivity index (χ0) is 23.8. The van der Waals surface area contributed by atoms with E-state index in [1.807, 2.05) is 13.8 Å². The number of carbonyl (C=O) groups is 3. The molecule has 2 unspecified atom stereocenters. The molecule has 0 aromatic heterocycles. The number of carbonyl (C=O) groups excluding carboxylic acids is 3. The Hall–Kier alpha value is -2.13. The number of alkyl carbamates (subject to hydrolysis) is 1. The van der Waals surface area contributed by atoms with Gasteiger partial charge in [0.15, 0.2) is 0 Å². The Labute approximate surface area is 185 Å². The first-order valence-corrected chi connectivity index (χ1v) is 10.8. The fourth-order valence-electron chi connectivity index (χ4n) is 3.47. The molecule has 1 saturated heterocycles. The average Bonchev–Trinajstić information content (AvgIpc) is 3.08. The fraction of sp³-hybridized carbons (Fsp3) is 0.773. The molecule has 2 N–H and O–H groups in total. The third kappa shape index (κ3) is 8.49. The molecule has 1 aliphatic heterocycles. The van der Waals surface area contributed by atoms with Crippen molar-refractivity contribution in [3.63, 3.8) is 0 Å². The van der Waals surface area contributed by atoms with E-state index in [1.54, 1.807) is 26.8 Å².